The Kier molecular flexibility index (Phi) is 3.28. The average Bonchev–Trinajstić information content (AvgIpc) is 2.52. The molecule has 0 radical (unpaired) electrons. The molecule has 1 heterocycles. The van der Waals surface area contributed by atoms with Crippen molar-refractivity contribution in [1.82, 2.24) is 10.7 Å². The van der Waals surface area contributed by atoms with E-state index in [0.717, 1.165) is 6.54 Å². The molecule has 11 heavy (non-hydrogen) atoms. The van der Waals surface area contributed by atoms with Gasteiger partial charge >= 0.3 is 0 Å². The van der Waals surface area contributed by atoms with Gasteiger partial charge in [-0.05, 0) is 34.6 Å². The van der Waals surface area contributed by atoms with E-state index in [1.54, 1.807) is 11.3 Å². The summed E-state index contributed by atoms with van der Waals surface area (Å²) in [5.41, 5.74) is 3.57. The van der Waals surface area contributed by atoms with E-state index < -0.39 is 0 Å². The normalized spacial score (nSPS) is 9.18. The number of thiophene rings is 1. The highest BCUT2D eigenvalue weighted by Gasteiger charge is 1.93. The third kappa shape index (κ3) is 2.83. The molecule has 0 atom stereocenters. The van der Waals surface area contributed by atoms with Crippen LogP contribution >= 0.6 is 23.6 Å². The summed E-state index contributed by atoms with van der Waals surface area (Å²) in [7, 11) is 0. The second-order valence-electron chi connectivity index (χ2n) is 1.96. The van der Waals surface area contributed by atoms with Crippen LogP contribution in [0.15, 0.2) is 16.8 Å². The summed E-state index contributed by atoms with van der Waals surface area (Å²) in [5, 5.41) is 7.49. The molecule has 0 aliphatic rings. The molecule has 0 saturated heterocycles. The van der Waals surface area contributed by atoms with E-state index in [9.17, 15) is 0 Å². The molecule has 5 heteroatoms. The van der Waals surface area contributed by atoms with Crippen molar-refractivity contribution in [2.24, 2.45) is 5.84 Å². The standard InChI is InChI=1S/C6H9N3S2/c7-9-6(10)8-3-5-1-2-11-4-5/h1-2,4H,3,7H2,(H2,8,9,10). The van der Waals surface area contributed by atoms with Gasteiger partial charge in [0.25, 0.3) is 0 Å². The second kappa shape index (κ2) is 4.27. The molecule has 0 bridgehead atoms. The van der Waals surface area contributed by atoms with Gasteiger partial charge in [-0.2, -0.15) is 11.3 Å². The molecule has 0 spiro atoms. The van der Waals surface area contributed by atoms with E-state index >= 15 is 0 Å². The van der Waals surface area contributed by atoms with E-state index in [1.807, 2.05) is 11.4 Å². The average molecular weight is 187 g/mol. The molecule has 0 saturated carbocycles. The van der Waals surface area contributed by atoms with Crippen LogP contribution in [0.5, 0.6) is 0 Å². The number of nitrogens with two attached hydrogens (primary N) is 1. The molecule has 4 N–H and O–H groups in total. The summed E-state index contributed by atoms with van der Waals surface area (Å²) in [6.07, 6.45) is 0. The summed E-state index contributed by atoms with van der Waals surface area (Å²) in [6, 6.07) is 2.04. The van der Waals surface area contributed by atoms with Gasteiger partial charge in [-0.3, -0.25) is 0 Å². The van der Waals surface area contributed by atoms with Crippen LogP contribution in [-0.4, -0.2) is 5.11 Å². The number of thiocarbonyl (C=S) groups is 1. The molecule has 0 aliphatic heterocycles. The Morgan fingerprint density at radius 3 is 3.09 bits per heavy atom. The third-order valence-corrected chi connectivity index (χ3v) is 2.16. The minimum atomic E-state index is 0.469. The topological polar surface area (TPSA) is 50.1 Å². The molecule has 0 aliphatic carbocycles. The van der Waals surface area contributed by atoms with Crippen LogP contribution in [0, 0.1) is 0 Å². The number of hydrazine groups is 1. The van der Waals surface area contributed by atoms with Gasteiger partial charge in [-0.25, -0.2) is 5.84 Å². The lowest BCUT2D eigenvalue weighted by Gasteiger charge is -2.03. The first-order chi connectivity index (χ1) is 5.33. The lowest BCUT2D eigenvalue weighted by Crippen LogP contribution is -2.39. The Balaban J connectivity index is 2.29. The largest absolute Gasteiger partial charge is 0.358 e. The lowest BCUT2D eigenvalue weighted by molar-refractivity contribution is 0.869. The van der Waals surface area contributed by atoms with Crippen molar-refractivity contribution in [3.63, 3.8) is 0 Å². The SMILES string of the molecule is NNC(=S)NCc1ccsc1. The van der Waals surface area contributed by atoms with Crippen molar-refractivity contribution in [3.8, 4) is 0 Å². The molecular formula is C6H9N3S2. The minimum Gasteiger partial charge on any atom is -0.358 e. The van der Waals surface area contributed by atoms with Gasteiger partial charge in [0.1, 0.15) is 0 Å². The molecule has 0 unspecified atom stereocenters. The first-order valence-corrected chi connectivity index (χ1v) is 4.43. The van der Waals surface area contributed by atoms with Crippen molar-refractivity contribution in [2.45, 2.75) is 6.54 Å². The second-order valence-corrected chi connectivity index (χ2v) is 3.15. The number of hydrogen-bond acceptors (Lipinski definition) is 3. The maximum atomic E-state index is 5.06. The van der Waals surface area contributed by atoms with Gasteiger partial charge < -0.3 is 10.7 Å². The van der Waals surface area contributed by atoms with E-state index in [0.29, 0.717) is 5.11 Å². The third-order valence-electron chi connectivity index (χ3n) is 1.16. The first-order valence-electron chi connectivity index (χ1n) is 3.08. The summed E-state index contributed by atoms with van der Waals surface area (Å²) in [5.74, 6) is 5.06. The molecule has 3 nitrogen and oxygen atoms in total. The highest BCUT2D eigenvalue weighted by Crippen LogP contribution is 2.04. The summed E-state index contributed by atoms with van der Waals surface area (Å²) < 4.78 is 0. The number of nitrogens with one attached hydrogen (secondary N) is 2. The monoisotopic (exact) mass is 187 g/mol. The van der Waals surface area contributed by atoms with Gasteiger partial charge in [0.2, 0.25) is 0 Å². The highest BCUT2D eigenvalue weighted by atomic mass is 32.1. The fourth-order valence-electron chi connectivity index (χ4n) is 0.627. The summed E-state index contributed by atoms with van der Waals surface area (Å²) >= 11 is 6.45. The van der Waals surface area contributed by atoms with E-state index in [1.165, 1.54) is 5.56 Å². The lowest BCUT2D eigenvalue weighted by atomic mass is 10.3. The predicted octanol–water partition coefficient (Wildman–Crippen LogP) is 0.586. The van der Waals surface area contributed by atoms with Crippen molar-refractivity contribution in [3.05, 3.63) is 22.4 Å². The zero-order valence-electron chi connectivity index (χ0n) is 5.83. The van der Waals surface area contributed by atoms with Crippen LogP contribution in [0.25, 0.3) is 0 Å². The van der Waals surface area contributed by atoms with Gasteiger partial charge in [0, 0.05) is 6.54 Å². The van der Waals surface area contributed by atoms with Crippen LogP contribution in [0.1, 0.15) is 5.56 Å². The van der Waals surface area contributed by atoms with Crippen molar-refractivity contribution >= 4 is 28.7 Å². The first kappa shape index (κ1) is 8.45. The molecule has 1 aromatic rings. The van der Waals surface area contributed by atoms with Crippen LogP contribution in [0.3, 0.4) is 0 Å². The quantitative estimate of drug-likeness (QED) is 0.360. The van der Waals surface area contributed by atoms with Gasteiger partial charge in [-0.15, -0.1) is 0 Å². The van der Waals surface area contributed by atoms with Crippen molar-refractivity contribution in [1.29, 1.82) is 0 Å². The van der Waals surface area contributed by atoms with E-state index in [-0.39, 0.29) is 0 Å². The zero-order valence-corrected chi connectivity index (χ0v) is 7.47. The van der Waals surface area contributed by atoms with Crippen molar-refractivity contribution in [2.75, 3.05) is 0 Å². The number of hydrogen-bond donors (Lipinski definition) is 3. The summed E-state index contributed by atoms with van der Waals surface area (Å²) in [4.78, 5) is 0. The minimum absolute atomic E-state index is 0.469. The Morgan fingerprint density at radius 1 is 1.73 bits per heavy atom. The van der Waals surface area contributed by atoms with Crippen LogP contribution in [0.4, 0.5) is 0 Å². The van der Waals surface area contributed by atoms with Crippen LogP contribution in [-0.2, 0) is 6.54 Å². The molecule has 1 aromatic heterocycles. The van der Waals surface area contributed by atoms with Gasteiger partial charge in [0.05, 0.1) is 0 Å². The van der Waals surface area contributed by atoms with Crippen LogP contribution in [0.2, 0.25) is 0 Å². The smallest absolute Gasteiger partial charge is 0.180 e. The van der Waals surface area contributed by atoms with Crippen molar-refractivity contribution < 1.29 is 0 Å². The molecule has 0 fully saturated rings. The maximum absolute atomic E-state index is 5.06. The highest BCUT2D eigenvalue weighted by molar-refractivity contribution is 7.80. The fraction of sp³-hybridized carbons (Fsp3) is 0.167. The number of rotatable bonds is 2. The van der Waals surface area contributed by atoms with Crippen LogP contribution < -0.4 is 16.6 Å². The summed E-state index contributed by atoms with van der Waals surface area (Å²) in [6.45, 7) is 0.729. The fourth-order valence-corrected chi connectivity index (χ4v) is 1.37. The Morgan fingerprint density at radius 2 is 2.55 bits per heavy atom. The molecule has 1 rings (SSSR count). The van der Waals surface area contributed by atoms with E-state index in [2.05, 4.69) is 16.1 Å². The maximum Gasteiger partial charge on any atom is 0.180 e. The predicted molar refractivity (Wildman–Crippen MR) is 51.1 cm³/mol. The Labute approximate surface area is 74.6 Å². The Bertz CT molecular complexity index is 220. The molecular weight excluding hydrogens is 178 g/mol. The molecule has 0 amide bonds. The zero-order chi connectivity index (χ0) is 8.10. The molecule has 60 valence electrons. The molecule has 0 aromatic carbocycles. The van der Waals surface area contributed by atoms with Gasteiger partial charge in [0.15, 0.2) is 5.11 Å². The van der Waals surface area contributed by atoms with E-state index in [4.69, 9.17) is 18.1 Å². The van der Waals surface area contributed by atoms with Gasteiger partial charge in [-0.1, -0.05) is 0 Å². The Hall–Kier alpha value is -0.650.